The Bertz CT molecular complexity index is 387. The molecule has 1 aliphatic carbocycles. The number of benzene rings is 1. The van der Waals surface area contributed by atoms with Gasteiger partial charge in [-0.3, -0.25) is 4.21 Å². The van der Waals surface area contributed by atoms with Gasteiger partial charge in [-0.2, -0.15) is 0 Å². The summed E-state index contributed by atoms with van der Waals surface area (Å²) in [6, 6.07) is 7.75. The quantitative estimate of drug-likeness (QED) is 0.713. The van der Waals surface area contributed by atoms with Gasteiger partial charge in [0.05, 0.1) is 0 Å². The molecule has 0 fully saturated rings. The monoisotopic (exact) mass is 194 g/mol. The second-order valence-electron chi connectivity index (χ2n) is 2.82. The summed E-state index contributed by atoms with van der Waals surface area (Å²) in [5.41, 5.74) is 2.83. The molecule has 1 N–H and O–H groups in total. The van der Waals surface area contributed by atoms with Gasteiger partial charge in [0.15, 0.2) is 0 Å². The molecule has 1 aromatic carbocycles. The highest BCUT2D eigenvalue weighted by Gasteiger charge is 2.12. The van der Waals surface area contributed by atoms with Gasteiger partial charge in [0.1, 0.15) is 0 Å². The van der Waals surface area contributed by atoms with Crippen LogP contribution in [0.1, 0.15) is 11.1 Å². The maximum atomic E-state index is 10.4. The van der Waals surface area contributed by atoms with E-state index in [-0.39, 0.29) is 0 Å². The molecule has 1 unspecified atom stereocenters. The second kappa shape index (κ2) is 3.32. The summed E-state index contributed by atoms with van der Waals surface area (Å²) in [5.74, 6) is 0. The first kappa shape index (κ1) is 8.47. The molecular weight excluding hydrogens is 186 g/mol. The third kappa shape index (κ3) is 1.64. The van der Waals surface area contributed by atoms with Crippen molar-refractivity contribution >= 4 is 17.0 Å². The Labute approximate surface area is 78.9 Å². The lowest BCUT2D eigenvalue weighted by atomic mass is 10.1. The van der Waals surface area contributed by atoms with Crippen LogP contribution in [-0.4, -0.2) is 8.76 Å². The maximum Gasteiger partial charge on any atom is 0.0491 e. The summed E-state index contributed by atoms with van der Waals surface area (Å²) < 4.78 is 23.2. The van der Waals surface area contributed by atoms with E-state index in [9.17, 15) is 8.76 Å². The van der Waals surface area contributed by atoms with E-state index in [1.807, 2.05) is 30.3 Å². The van der Waals surface area contributed by atoms with Gasteiger partial charge in [0.25, 0.3) is 0 Å². The zero-order valence-electron chi connectivity index (χ0n) is 6.82. The van der Waals surface area contributed by atoms with Crippen LogP contribution in [0.15, 0.2) is 30.3 Å². The largest absolute Gasteiger partial charge is 0.755 e. The SMILES string of the molecule is O=S([O-])NC1=CCc2ccccc21. The molecule has 13 heavy (non-hydrogen) atoms. The molecule has 0 amide bonds. The topological polar surface area (TPSA) is 52.2 Å². The Morgan fingerprint density at radius 3 is 2.92 bits per heavy atom. The van der Waals surface area contributed by atoms with Crippen molar-refractivity contribution in [2.24, 2.45) is 0 Å². The maximum absolute atomic E-state index is 10.4. The van der Waals surface area contributed by atoms with Crippen molar-refractivity contribution in [1.82, 2.24) is 4.72 Å². The Morgan fingerprint density at radius 2 is 2.15 bits per heavy atom. The minimum atomic E-state index is -2.23. The fourth-order valence-electron chi connectivity index (χ4n) is 1.47. The molecule has 1 atom stereocenters. The Balaban J connectivity index is 2.31. The number of hydrogen-bond acceptors (Lipinski definition) is 2. The van der Waals surface area contributed by atoms with Crippen LogP contribution in [0.25, 0.3) is 5.70 Å². The Morgan fingerprint density at radius 1 is 1.38 bits per heavy atom. The van der Waals surface area contributed by atoms with Crippen LogP contribution in [-0.2, 0) is 17.7 Å². The van der Waals surface area contributed by atoms with E-state index in [1.165, 1.54) is 0 Å². The van der Waals surface area contributed by atoms with E-state index < -0.39 is 11.3 Å². The summed E-state index contributed by atoms with van der Waals surface area (Å²) in [5, 5.41) is 0. The number of nitrogens with one attached hydrogen (secondary N) is 1. The highest BCUT2D eigenvalue weighted by molar-refractivity contribution is 7.77. The van der Waals surface area contributed by atoms with E-state index in [2.05, 4.69) is 4.72 Å². The van der Waals surface area contributed by atoms with E-state index in [0.29, 0.717) is 5.70 Å². The molecular formula is C9H8NO2S-. The first-order valence-corrected chi connectivity index (χ1v) is 4.99. The summed E-state index contributed by atoms with van der Waals surface area (Å²) in [4.78, 5) is 0. The van der Waals surface area contributed by atoms with Crippen LogP contribution in [0.2, 0.25) is 0 Å². The first-order chi connectivity index (χ1) is 6.27. The zero-order valence-corrected chi connectivity index (χ0v) is 7.64. The van der Waals surface area contributed by atoms with E-state index in [1.54, 1.807) is 0 Å². The minimum Gasteiger partial charge on any atom is -0.755 e. The second-order valence-corrected chi connectivity index (χ2v) is 3.49. The van der Waals surface area contributed by atoms with Crippen LogP contribution in [0.3, 0.4) is 0 Å². The summed E-state index contributed by atoms with van der Waals surface area (Å²) in [7, 11) is 0. The molecule has 0 heterocycles. The molecule has 4 heteroatoms. The van der Waals surface area contributed by atoms with Crippen molar-refractivity contribution in [2.75, 3.05) is 0 Å². The molecule has 0 aliphatic heterocycles. The lowest BCUT2D eigenvalue weighted by Crippen LogP contribution is -2.13. The van der Waals surface area contributed by atoms with E-state index in [4.69, 9.17) is 0 Å². The summed E-state index contributed by atoms with van der Waals surface area (Å²) in [6.45, 7) is 0. The lowest BCUT2D eigenvalue weighted by Gasteiger charge is -2.10. The third-order valence-electron chi connectivity index (χ3n) is 2.03. The number of hydrogen-bond donors (Lipinski definition) is 1. The third-order valence-corrected chi connectivity index (χ3v) is 2.41. The molecule has 0 radical (unpaired) electrons. The van der Waals surface area contributed by atoms with Gasteiger partial charge in [-0.1, -0.05) is 30.3 Å². The zero-order chi connectivity index (χ0) is 9.26. The smallest absolute Gasteiger partial charge is 0.0491 e. The first-order valence-electron chi connectivity index (χ1n) is 3.92. The predicted octanol–water partition coefficient (Wildman–Crippen LogP) is 0.967. The standard InChI is InChI=1S/C9H9NO2S/c11-13(12)10-9-6-5-7-3-1-2-4-8(7)9/h1-4,6,10H,5H2,(H,11,12)/p-1. The van der Waals surface area contributed by atoms with Crippen molar-refractivity contribution in [2.45, 2.75) is 6.42 Å². The Hall–Kier alpha value is -1.13. The number of rotatable bonds is 2. The summed E-state index contributed by atoms with van der Waals surface area (Å²) in [6.07, 6.45) is 2.68. The molecule has 1 aromatic rings. The minimum absolute atomic E-state index is 0.684. The van der Waals surface area contributed by atoms with Gasteiger partial charge < -0.3 is 9.27 Å². The van der Waals surface area contributed by atoms with Crippen LogP contribution in [0.4, 0.5) is 0 Å². The Kier molecular flexibility index (Phi) is 2.16. The fourth-order valence-corrected chi connectivity index (χ4v) is 1.84. The highest BCUT2D eigenvalue weighted by atomic mass is 32.2. The highest BCUT2D eigenvalue weighted by Crippen LogP contribution is 2.24. The predicted molar refractivity (Wildman–Crippen MR) is 50.2 cm³/mol. The van der Waals surface area contributed by atoms with Gasteiger partial charge in [0, 0.05) is 22.5 Å². The molecule has 68 valence electrons. The van der Waals surface area contributed by atoms with Crippen LogP contribution >= 0.6 is 0 Å². The van der Waals surface area contributed by atoms with Gasteiger partial charge >= 0.3 is 0 Å². The van der Waals surface area contributed by atoms with Crippen molar-refractivity contribution < 1.29 is 8.76 Å². The van der Waals surface area contributed by atoms with E-state index in [0.717, 1.165) is 17.5 Å². The van der Waals surface area contributed by atoms with Gasteiger partial charge in [-0.05, 0) is 12.0 Å². The molecule has 2 rings (SSSR count). The van der Waals surface area contributed by atoms with Gasteiger partial charge in [-0.15, -0.1) is 0 Å². The van der Waals surface area contributed by atoms with E-state index >= 15 is 0 Å². The van der Waals surface area contributed by atoms with Crippen LogP contribution in [0.5, 0.6) is 0 Å². The molecule has 0 bridgehead atoms. The average Bonchev–Trinajstić information content (AvgIpc) is 2.48. The van der Waals surface area contributed by atoms with Crippen molar-refractivity contribution in [3.05, 3.63) is 41.5 Å². The molecule has 0 saturated carbocycles. The van der Waals surface area contributed by atoms with Gasteiger partial charge in [-0.25, -0.2) is 0 Å². The fraction of sp³-hybridized carbons (Fsp3) is 0.111. The normalized spacial score (nSPS) is 16.2. The molecule has 0 saturated heterocycles. The van der Waals surface area contributed by atoms with Crippen molar-refractivity contribution in [3.63, 3.8) is 0 Å². The van der Waals surface area contributed by atoms with Crippen molar-refractivity contribution in [3.8, 4) is 0 Å². The summed E-state index contributed by atoms with van der Waals surface area (Å²) >= 11 is -2.23. The van der Waals surface area contributed by atoms with Crippen LogP contribution in [0, 0.1) is 0 Å². The number of fused-ring (bicyclic) bond motifs is 1. The molecule has 0 aromatic heterocycles. The van der Waals surface area contributed by atoms with Crippen molar-refractivity contribution in [1.29, 1.82) is 0 Å². The number of allylic oxidation sites excluding steroid dienone is 1. The molecule has 3 nitrogen and oxygen atoms in total. The molecule has 1 aliphatic rings. The van der Waals surface area contributed by atoms with Crippen LogP contribution < -0.4 is 4.72 Å². The van der Waals surface area contributed by atoms with Gasteiger partial charge in [0.2, 0.25) is 0 Å². The molecule has 0 spiro atoms. The average molecular weight is 194 g/mol. The lowest BCUT2D eigenvalue weighted by molar-refractivity contribution is 0.532.